The molecule has 17 heavy (non-hydrogen) atoms. The van der Waals surface area contributed by atoms with E-state index in [2.05, 4.69) is 37.9 Å². The first kappa shape index (κ1) is 14.9. The second-order valence-corrected chi connectivity index (χ2v) is 5.71. The number of nitrogens with zero attached hydrogens (tertiary/aromatic N) is 1. The molecule has 0 aliphatic carbocycles. The lowest BCUT2D eigenvalue weighted by atomic mass is 9.97. The van der Waals surface area contributed by atoms with Gasteiger partial charge >= 0.3 is 0 Å². The average Bonchev–Trinajstić information content (AvgIpc) is 2.29. The standard InChI is InChI=1S/C14H30N2O/c1-6-7-13-9-16(12(4)8-15-13)14(10-17-5)11(2)3/h11-15H,6-10H2,1-5H3. The van der Waals surface area contributed by atoms with Crippen molar-refractivity contribution in [2.24, 2.45) is 5.92 Å². The maximum atomic E-state index is 5.40. The van der Waals surface area contributed by atoms with Crippen molar-refractivity contribution in [3.63, 3.8) is 0 Å². The quantitative estimate of drug-likeness (QED) is 0.772. The maximum absolute atomic E-state index is 5.40. The highest BCUT2D eigenvalue weighted by atomic mass is 16.5. The predicted octanol–water partition coefficient (Wildman–Crippen LogP) is 2.12. The Labute approximate surface area is 107 Å². The molecule has 0 spiro atoms. The molecule has 3 atom stereocenters. The summed E-state index contributed by atoms with van der Waals surface area (Å²) in [6, 6.07) is 1.83. The Kier molecular flexibility index (Phi) is 6.45. The van der Waals surface area contributed by atoms with Crippen molar-refractivity contribution in [2.45, 2.75) is 58.7 Å². The lowest BCUT2D eigenvalue weighted by Crippen LogP contribution is -2.60. The van der Waals surface area contributed by atoms with Crippen LogP contribution >= 0.6 is 0 Å². The van der Waals surface area contributed by atoms with Crippen LogP contribution in [0.2, 0.25) is 0 Å². The Morgan fingerprint density at radius 2 is 2.12 bits per heavy atom. The summed E-state index contributed by atoms with van der Waals surface area (Å²) < 4.78 is 5.40. The summed E-state index contributed by atoms with van der Waals surface area (Å²) in [6.45, 7) is 12.3. The molecule has 1 N–H and O–H groups in total. The molecule has 1 aliphatic heterocycles. The molecule has 0 radical (unpaired) electrons. The van der Waals surface area contributed by atoms with Crippen LogP contribution < -0.4 is 5.32 Å². The third-order valence-corrected chi connectivity index (χ3v) is 3.87. The molecule has 1 saturated heterocycles. The van der Waals surface area contributed by atoms with Crippen LogP contribution in [0.15, 0.2) is 0 Å². The number of ether oxygens (including phenoxy) is 1. The first-order valence-electron chi connectivity index (χ1n) is 7.08. The fourth-order valence-electron chi connectivity index (χ4n) is 2.80. The van der Waals surface area contributed by atoms with Crippen LogP contribution in [0, 0.1) is 5.92 Å². The number of rotatable bonds is 6. The smallest absolute Gasteiger partial charge is 0.0620 e. The summed E-state index contributed by atoms with van der Waals surface area (Å²) in [5, 5.41) is 3.65. The number of piperazine rings is 1. The molecule has 3 unspecified atom stereocenters. The summed E-state index contributed by atoms with van der Waals surface area (Å²) in [5.41, 5.74) is 0. The molecule has 1 aliphatic rings. The highest BCUT2D eigenvalue weighted by Crippen LogP contribution is 2.19. The summed E-state index contributed by atoms with van der Waals surface area (Å²) >= 11 is 0. The van der Waals surface area contributed by atoms with E-state index in [0.29, 0.717) is 24.0 Å². The molecule has 3 nitrogen and oxygen atoms in total. The van der Waals surface area contributed by atoms with Crippen molar-refractivity contribution in [2.75, 3.05) is 26.8 Å². The minimum absolute atomic E-state index is 0.552. The van der Waals surface area contributed by atoms with Gasteiger partial charge < -0.3 is 10.1 Å². The van der Waals surface area contributed by atoms with E-state index < -0.39 is 0 Å². The minimum atomic E-state index is 0.552. The zero-order chi connectivity index (χ0) is 12.8. The van der Waals surface area contributed by atoms with Crippen LogP contribution in [0.3, 0.4) is 0 Å². The molecule has 102 valence electrons. The van der Waals surface area contributed by atoms with Gasteiger partial charge in [-0.2, -0.15) is 0 Å². The largest absolute Gasteiger partial charge is 0.383 e. The molecule has 3 heteroatoms. The second-order valence-electron chi connectivity index (χ2n) is 5.71. The Morgan fingerprint density at radius 1 is 1.41 bits per heavy atom. The third kappa shape index (κ3) is 4.23. The lowest BCUT2D eigenvalue weighted by molar-refractivity contribution is 0.0166. The van der Waals surface area contributed by atoms with Gasteiger partial charge in [0.2, 0.25) is 0 Å². The molecule has 0 saturated carbocycles. The summed E-state index contributed by atoms with van der Waals surface area (Å²) in [6.07, 6.45) is 2.54. The van der Waals surface area contributed by atoms with E-state index >= 15 is 0 Å². The van der Waals surface area contributed by atoms with Crippen LogP contribution in [-0.4, -0.2) is 49.8 Å². The summed E-state index contributed by atoms with van der Waals surface area (Å²) in [7, 11) is 1.81. The van der Waals surface area contributed by atoms with Gasteiger partial charge in [0, 0.05) is 38.3 Å². The van der Waals surface area contributed by atoms with Crippen molar-refractivity contribution in [3.05, 3.63) is 0 Å². The minimum Gasteiger partial charge on any atom is -0.383 e. The van der Waals surface area contributed by atoms with Crippen LogP contribution in [0.25, 0.3) is 0 Å². The Balaban J connectivity index is 2.62. The molecule has 0 aromatic carbocycles. The molecular formula is C14H30N2O. The van der Waals surface area contributed by atoms with Gasteiger partial charge in [-0.05, 0) is 19.3 Å². The molecule has 0 aromatic heterocycles. The van der Waals surface area contributed by atoms with Crippen molar-refractivity contribution in [3.8, 4) is 0 Å². The maximum Gasteiger partial charge on any atom is 0.0620 e. The monoisotopic (exact) mass is 242 g/mol. The zero-order valence-corrected chi connectivity index (χ0v) is 12.2. The van der Waals surface area contributed by atoms with E-state index in [1.54, 1.807) is 0 Å². The van der Waals surface area contributed by atoms with Gasteiger partial charge in [0.05, 0.1) is 6.61 Å². The van der Waals surface area contributed by atoms with Gasteiger partial charge in [-0.1, -0.05) is 27.2 Å². The Hall–Kier alpha value is -0.120. The van der Waals surface area contributed by atoms with Gasteiger partial charge in [-0.25, -0.2) is 0 Å². The van der Waals surface area contributed by atoms with Crippen molar-refractivity contribution in [1.29, 1.82) is 0 Å². The number of methoxy groups -OCH3 is 1. The molecule has 0 aromatic rings. The fourth-order valence-corrected chi connectivity index (χ4v) is 2.80. The molecule has 1 fully saturated rings. The lowest BCUT2D eigenvalue weighted by Gasteiger charge is -2.44. The van der Waals surface area contributed by atoms with Gasteiger partial charge in [-0.3, -0.25) is 4.90 Å². The first-order valence-corrected chi connectivity index (χ1v) is 7.08. The zero-order valence-electron chi connectivity index (χ0n) is 12.2. The van der Waals surface area contributed by atoms with E-state index in [1.165, 1.54) is 19.4 Å². The van der Waals surface area contributed by atoms with Crippen molar-refractivity contribution >= 4 is 0 Å². The predicted molar refractivity (Wildman–Crippen MR) is 73.4 cm³/mol. The van der Waals surface area contributed by atoms with Crippen LogP contribution in [-0.2, 0) is 4.74 Å². The Bertz CT molecular complexity index is 208. The molecular weight excluding hydrogens is 212 g/mol. The SMILES string of the molecule is CCCC1CN(C(COC)C(C)C)C(C)CN1. The van der Waals surface area contributed by atoms with E-state index in [4.69, 9.17) is 4.74 Å². The molecule has 1 heterocycles. The number of hydrogen-bond donors (Lipinski definition) is 1. The van der Waals surface area contributed by atoms with E-state index in [1.807, 2.05) is 7.11 Å². The number of hydrogen-bond acceptors (Lipinski definition) is 3. The number of nitrogens with one attached hydrogen (secondary N) is 1. The van der Waals surface area contributed by atoms with Crippen LogP contribution in [0.4, 0.5) is 0 Å². The van der Waals surface area contributed by atoms with Gasteiger partial charge in [0.15, 0.2) is 0 Å². The van der Waals surface area contributed by atoms with Crippen LogP contribution in [0.5, 0.6) is 0 Å². The Morgan fingerprint density at radius 3 is 2.65 bits per heavy atom. The summed E-state index contributed by atoms with van der Waals surface area (Å²) in [5.74, 6) is 0.651. The van der Waals surface area contributed by atoms with Crippen LogP contribution in [0.1, 0.15) is 40.5 Å². The van der Waals surface area contributed by atoms with E-state index in [0.717, 1.165) is 13.2 Å². The fraction of sp³-hybridized carbons (Fsp3) is 1.00. The van der Waals surface area contributed by atoms with E-state index in [-0.39, 0.29) is 0 Å². The topological polar surface area (TPSA) is 24.5 Å². The van der Waals surface area contributed by atoms with E-state index in [9.17, 15) is 0 Å². The normalized spacial score (nSPS) is 28.6. The molecule has 1 rings (SSSR count). The highest BCUT2D eigenvalue weighted by Gasteiger charge is 2.31. The van der Waals surface area contributed by atoms with Gasteiger partial charge in [0.25, 0.3) is 0 Å². The van der Waals surface area contributed by atoms with Crippen molar-refractivity contribution < 1.29 is 4.74 Å². The second kappa shape index (κ2) is 7.34. The molecule has 0 bridgehead atoms. The average molecular weight is 242 g/mol. The molecule has 0 amide bonds. The summed E-state index contributed by atoms with van der Waals surface area (Å²) in [4.78, 5) is 2.64. The third-order valence-electron chi connectivity index (χ3n) is 3.87. The highest BCUT2D eigenvalue weighted by molar-refractivity contribution is 4.88. The first-order chi connectivity index (χ1) is 8.10. The van der Waals surface area contributed by atoms with Crippen molar-refractivity contribution in [1.82, 2.24) is 10.2 Å². The van der Waals surface area contributed by atoms with Gasteiger partial charge in [-0.15, -0.1) is 0 Å². The van der Waals surface area contributed by atoms with Gasteiger partial charge in [0.1, 0.15) is 0 Å².